The molecule has 0 aliphatic rings. The van der Waals surface area contributed by atoms with Crippen LogP contribution in [0.25, 0.3) is 0 Å². The zero-order valence-corrected chi connectivity index (χ0v) is 10.0. The predicted octanol–water partition coefficient (Wildman–Crippen LogP) is 3.75. The molecule has 0 fully saturated rings. The van der Waals surface area contributed by atoms with Gasteiger partial charge in [0.15, 0.2) is 0 Å². The molecule has 0 spiro atoms. The lowest BCUT2D eigenvalue weighted by molar-refractivity contribution is 0.465. The Labute approximate surface area is 86.8 Å². The molecular weight excluding hydrogens is 172 g/mol. The fourth-order valence-corrected chi connectivity index (χ4v) is 2.19. The average molecular weight is 192 g/mol. The minimum atomic E-state index is 0.462. The van der Waals surface area contributed by atoms with Gasteiger partial charge in [0, 0.05) is 0 Å². The highest BCUT2D eigenvalue weighted by Crippen LogP contribution is 2.34. The molecular formula is C13H20O. The Kier molecular flexibility index (Phi) is 2.89. The smallest absolute Gasteiger partial charge is 0.121 e. The monoisotopic (exact) mass is 192 g/mol. The van der Waals surface area contributed by atoms with E-state index in [4.69, 9.17) is 0 Å². The van der Waals surface area contributed by atoms with E-state index in [-0.39, 0.29) is 0 Å². The van der Waals surface area contributed by atoms with Crippen molar-refractivity contribution in [1.82, 2.24) is 0 Å². The Balaban J connectivity index is 3.60. The van der Waals surface area contributed by atoms with Gasteiger partial charge >= 0.3 is 0 Å². The molecule has 1 aromatic rings. The quantitative estimate of drug-likeness (QED) is 0.718. The highest BCUT2D eigenvalue weighted by molar-refractivity contribution is 5.54. The lowest BCUT2D eigenvalue weighted by Crippen LogP contribution is -2.01. The molecule has 0 aromatic heterocycles. The third-order valence-corrected chi connectivity index (χ3v) is 3.22. The van der Waals surface area contributed by atoms with E-state index < -0.39 is 0 Å². The molecule has 0 aliphatic carbocycles. The molecule has 1 rings (SSSR count). The molecule has 1 N–H and O–H groups in total. The first-order valence-corrected chi connectivity index (χ1v) is 5.17. The molecule has 78 valence electrons. The van der Waals surface area contributed by atoms with E-state index in [1.54, 1.807) is 0 Å². The van der Waals surface area contributed by atoms with Crippen LogP contribution >= 0.6 is 0 Å². The second kappa shape index (κ2) is 3.64. The standard InChI is InChI=1S/C13H20O/c1-7(2)12-8(3)10(5)13(14)11(6)9(12)4/h7,14H,1-6H3. The fourth-order valence-electron chi connectivity index (χ4n) is 2.19. The first kappa shape index (κ1) is 11.1. The first-order valence-electron chi connectivity index (χ1n) is 5.17. The number of aromatic hydroxyl groups is 1. The maximum Gasteiger partial charge on any atom is 0.121 e. The van der Waals surface area contributed by atoms with Crippen molar-refractivity contribution in [2.75, 3.05) is 0 Å². The molecule has 0 aliphatic heterocycles. The summed E-state index contributed by atoms with van der Waals surface area (Å²) in [5.74, 6) is 0.984. The van der Waals surface area contributed by atoms with E-state index >= 15 is 0 Å². The largest absolute Gasteiger partial charge is 0.507 e. The van der Waals surface area contributed by atoms with Gasteiger partial charge in [-0.25, -0.2) is 0 Å². The molecule has 14 heavy (non-hydrogen) atoms. The molecule has 0 saturated carbocycles. The van der Waals surface area contributed by atoms with Crippen LogP contribution in [0, 0.1) is 27.7 Å². The average Bonchev–Trinajstić information content (AvgIpc) is 2.11. The normalized spacial score (nSPS) is 11.1. The molecule has 1 nitrogen and oxygen atoms in total. The van der Waals surface area contributed by atoms with Crippen molar-refractivity contribution < 1.29 is 5.11 Å². The zero-order chi connectivity index (χ0) is 11.0. The second-order valence-corrected chi connectivity index (χ2v) is 4.42. The first-order chi connectivity index (χ1) is 6.37. The topological polar surface area (TPSA) is 20.2 Å². The number of phenolic OH excluding ortho intramolecular Hbond substituents is 1. The lowest BCUT2D eigenvalue weighted by Gasteiger charge is -2.19. The molecule has 1 heteroatoms. The van der Waals surface area contributed by atoms with Crippen LogP contribution in [0.3, 0.4) is 0 Å². The van der Waals surface area contributed by atoms with Crippen LogP contribution in [-0.4, -0.2) is 5.11 Å². The van der Waals surface area contributed by atoms with E-state index in [1.807, 2.05) is 13.8 Å². The van der Waals surface area contributed by atoms with Crippen molar-refractivity contribution >= 4 is 0 Å². The van der Waals surface area contributed by atoms with E-state index in [0.29, 0.717) is 11.7 Å². The minimum absolute atomic E-state index is 0.462. The Morgan fingerprint density at radius 1 is 0.786 bits per heavy atom. The number of rotatable bonds is 1. The molecule has 0 atom stereocenters. The van der Waals surface area contributed by atoms with Gasteiger partial charge in [-0.15, -0.1) is 0 Å². The van der Waals surface area contributed by atoms with Gasteiger partial charge in [-0.3, -0.25) is 0 Å². The summed E-state index contributed by atoms with van der Waals surface area (Å²) in [5.41, 5.74) is 5.91. The van der Waals surface area contributed by atoms with Gasteiger partial charge in [-0.2, -0.15) is 0 Å². The van der Waals surface area contributed by atoms with Crippen molar-refractivity contribution in [2.45, 2.75) is 47.5 Å². The molecule has 0 saturated heterocycles. The Morgan fingerprint density at radius 2 is 1.14 bits per heavy atom. The summed E-state index contributed by atoms with van der Waals surface area (Å²) < 4.78 is 0. The summed E-state index contributed by atoms with van der Waals surface area (Å²) in [4.78, 5) is 0. The maximum atomic E-state index is 9.87. The summed E-state index contributed by atoms with van der Waals surface area (Å²) in [6, 6.07) is 0. The van der Waals surface area contributed by atoms with Gasteiger partial charge in [0.05, 0.1) is 0 Å². The Hall–Kier alpha value is -0.980. The third-order valence-electron chi connectivity index (χ3n) is 3.22. The summed E-state index contributed by atoms with van der Waals surface area (Å²) in [6.45, 7) is 12.6. The summed E-state index contributed by atoms with van der Waals surface area (Å²) in [7, 11) is 0. The van der Waals surface area contributed by atoms with Gasteiger partial charge in [-0.1, -0.05) is 13.8 Å². The van der Waals surface area contributed by atoms with Crippen LogP contribution in [0.15, 0.2) is 0 Å². The van der Waals surface area contributed by atoms with E-state index in [9.17, 15) is 5.11 Å². The summed E-state index contributed by atoms with van der Waals surface area (Å²) >= 11 is 0. The Bertz CT molecular complexity index is 333. The highest BCUT2D eigenvalue weighted by Gasteiger charge is 2.15. The maximum absolute atomic E-state index is 9.87. The van der Waals surface area contributed by atoms with Crippen LogP contribution in [0.2, 0.25) is 0 Å². The SMILES string of the molecule is Cc1c(C)c(C(C)C)c(C)c(C)c1O. The van der Waals surface area contributed by atoms with Crippen molar-refractivity contribution in [3.8, 4) is 5.75 Å². The van der Waals surface area contributed by atoms with E-state index in [1.165, 1.54) is 16.7 Å². The number of hydrogen-bond donors (Lipinski definition) is 1. The van der Waals surface area contributed by atoms with Crippen molar-refractivity contribution in [3.63, 3.8) is 0 Å². The molecule has 0 bridgehead atoms. The van der Waals surface area contributed by atoms with Gasteiger partial charge in [-0.05, 0) is 61.4 Å². The van der Waals surface area contributed by atoms with E-state index in [0.717, 1.165) is 11.1 Å². The zero-order valence-electron chi connectivity index (χ0n) is 10.0. The van der Waals surface area contributed by atoms with Gasteiger partial charge in [0.1, 0.15) is 5.75 Å². The van der Waals surface area contributed by atoms with Gasteiger partial charge in [0.25, 0.3) is 0 Å². The number of hydrogen-bond acceptors (Lipinski definition) is 1. The molecule has 0 heterocycles. The van der Waals surface area contributed by atoms with E-state index in [2.05, 4.69) is 27.7 Å². The molecule has 0 radical (unpaired) electrons. The van der Waals surface area contributed by atoms with Crippen LogP contribution < -0.4 is 0 Å². The van der Waals surface area contributed by atoms with Crippen molar-refractivity contribution in [3.05, 3.63) is 27.8 Å². The lowest BCUT2D eigenvalue weighted by atomic mass is 9.87. The molecule has 1 aromatic carbocycles. The number of benzene rings is 1. The van der Waals surface area contributed by atoms with Crippen LogP contribution in [-0.2, 0) is 0 Å². The summed E-state index contributed by atoms with van der Waals surface area (Å²) in [5, 5.41) is 9.87. The van der Waals surface area contributed by atoms with Gasteiger partial charge < -0.3 is 5.11 Å². The van der Waals surface area contributed by atoms with Crippen molar-refractivity contribution in [2.24, 2.45) is 0 Å². The second-order valence-electron chi connectivity index (χ2n) is 4.42. The van der Waals surface area contributed by atoms with Crippen LogP contribution in [0.1, 0.15) is 47.6 Å². The fraction of sp³-hybridized carbons (Fsp3) is 0.538. The van der Waals surface area contributed by atoms with Gasteiger partial charge in [0.2, 0.25) is 0 Å². The van der Waals surface area contributed by atoms with Crippen molar-refractivity contribution in [1.29, 1.82) is 0 Å². The highest BCUT2D eigenvalue weighted by atomic mass is 16.3. The summed E-state index contributed by atoms with van der Waals surface area (Å²) in [6.07, 6.45) is 0. The van der Waals surface area contributed by atoms with Crippen LogP contribution in [0.4, 0.5) is 0 Å². The Morgan fingerprint density at radius 3 is 1.43 bits per heavy atom. The number of phenols is 1. The molecule has 0 amide bonds. The third kappa shape index (κ3) is 1.52. The minimum Gasteiger partial charge on any atom is -0.507 e. The van der Waals surface area contributed by atoms with Crippen LogP contribution in [0.5, 0.6) is 5.75 Å². The molecule has 0 unspecified atom stereocenters. The predicted molar refractivity (Wildman–Crippen MR) is 61.1 cm³/mol.